The van der Waals surface area contributed by atoms with Gasteiger partial charge in [-0.15, -0.1) is 0 Å². The summed E-state index contributed by atoms with van der Waals surface area (Å²) in [4.78, 5) is 22.7. The number of anilines is 1. The van der Waals surface area contributed by atoms with E-state index in [-0.39, 0.29) is 17.2 Å². The SMILES string of the molecule is CC(Nc1cc(C(N)=O)cc(C(N)=O)c1)c1ccccc1. The summed E-state index contributed by atoms with van der Waals surface area (Å²) >= 11 is 0. The largest absolute Gasteiger partial charge is 0.378 e. The van der Waals surface area contributed by atoms with Gasteiger partial charge in [0.15, 0.2) is 0 Å². The zero-order chi connectivity index (χ0) is 15.4. The van der Waals surface area contributed by atoms with Gasteiger partial charge in [-0.25, -0.2) is 0 Å². The van der Waals surface area contributed by atoms with E-state index in [1.165, 1.54) is 6.07 Å². The lowest BCUT2D eigenvalue weighted by Crippen LogP contribution is -2.17. The predicted molar refractivity (Wildman–Crippen MR) is 82.0 cm³/mol. The number of hydrogen-bond donors (Lipinski definition) is 3. The number of hydrogen-bond acceptors (Lipinski definition) is 3. The van der Waals surface area contributed by atoms with Crippen LogP contribution in [0.1, 0.15) is 39.2 Å². The van der Waals surface area contributed by atoms with Gasteiger partial charge in [0.25, 0.3) is 0 Å². The molecule has 0 heterocycles. The Kier molecular flexibility index (Phi) is 4.23. The van der Waals surface area contributed by atoms with Crippen molar-refractivity contribution >= 4 is 17.5 Å². The van der Waals surface area contributed by atoms with E-state index in [2.05, 4.69) is 5.32 Å². The topological polar surface area (TPSA) is 98.2 Å². The molecule has 0 aliphatic rings. The summed E-state index contributed by atoms with van der Waals surface area (Å²) in [5, 5.41) is 3.23. The van der Waals surface area contributed by atoms with Crippen LogP contribution in [0.25, 0.3) is 0 Å². The maximum absolute atomic E-state index is 11.3. The zero-order valence-electron chi connectivity index (χ0n) is 11.7. The highest BCUT2D eigenvalue weighted by Gasteiger charge is 2.11. The molecule has 1 atom stereocenters. The Bertz CT molecular complexity index is 636. The Labute approximate surface area is 123 Å². The van der Waals surface area contributed by atoms with Crippen LogP contribution in [0.5, 0.6) is 0 Å². The van der Waals surface area contributed by atoms with E-state index in [9.17, 15) is 9.59 Å². The lowest BCUT2D eigenvalue weighted by Gasteiger charge is -2.16. The molecule has 108 valence electrons. The molecule has 0 aromatic heterocycles. The van der Waals surface area contributed by atoms with Crippen LogP contribution in [0.2, 0.25) is 0 Å². The maximum Gasteiger partial charge on any atom is 0.248 e. The van der Waals surface area contributed by atoms with Gasteiger partial charge in [-0.3, -0.25) is 9.59 Å². The van der Waals surface area contributed by atoms with Crippen LogP contribution in [-0.4, -0.2) is 11.8 Å². The minimum atomic E-state index is -0.603. The summed E-state index contributed by atoms with van der Waals surface area (Å²) in [5.41, 5.74) is 12.7. The molecule has 2 rings (SSSR count). The number of benzene rings is 2. The second-order valence-corrected chi connectivity index (χ2v) is 4.80. The molecule has 0 aliphatic carbocycles. The Morgan fingerprint density at radius 3 is 1.95 bits per heavy atom. The molecule has 2 aromatic rings. The molecule has 0 saturated heterocycles. The van der Waals surface area contributed by atoms with Crippen molar-refractivity contribution in [1.29, 1.82) is 0 Å². The van der Waals surface area contributed by atoms with Gasteiger partial charge in [-0.05, 0) is 30.7 Å². The Morgan fingerprint density at radius 2 is 1.48 bits per heavy atom. The van der Waals surface area contributed by atoms with Crippen molar-refractivity contribution in [3.63, 3.8) is 0 Å². The minimum Gasteiger partial charge on any atom is -0.378 e. The molecule has 5 N–H and O–H groups in total. The third kappa shape index (κ3) is 3.60. The van der Waals surface area contributed by atoms with Crippen LogP contribution in [0, 0.1) is 0 Å². The first kappa shape index (κ1) is 14.6. The van der Waals surface area contributed by atoms with E-state index in [1.807, 2.05) is 37.3 Å². The summed E-state index contributed by atoms with van der Waals surface area (Å²) in [6, 6.07) is 14.4. The second-order valence-electron chi connectivity index (χ2n) is 4.80. The standard InChI is InChI=1S/C16H17N3O2/c1-10(11-5-3-2-4-6-11)19-14-8-12(15(17)20)7-13(9-14)16(18)21/h2-10,19H,1H3,(H2,17,20)(H2,18,21). The van der Waals surface area contributed by atoms with Crippen molar-refractivity contribution in [2.75, 3.05) is 5.32 Å². The fraction of sp³-hybridized carbons (Fsp3) is 0.125. The molecule has 1 unspecified atom stereocenters. The number of nitrogens with two attached hydrogens (primary N) is 2. The van der Waals surface area contributed by atoms with Crippen LogP contribution in [-0.2, 0) is 0 Å². The number of carbonyl (C=O) groups excluding carboxylic acids is 2. The van der Waals surface area contributed by atoms with Crippen LogP contribution < -0.4 is 16.8 Å². The van der Waals surface area contributed by atoms with Gasteiger partial charge in [-0.1, -0.05) is 30.3 Å². The fourth-order valence-corrected chi connectivity index (χ4v) is 2.07. The summed E-state index contributed by atoms with van der Waals surface area (Å²) < 4.78 is 0. The van der Waals surface area contributed by atoms with Crippen LogP contribution in [0.3, 0.4) is 0 Å². The number of primary amides is 2. The first-order valence-corrected chi connectivity index (χ1v) is 6.53. The number of rotatable bonds is 5. The lowest BCUT2D eigenvalue weighted by molar-refractivity contribution is 0.0999. The monoisotopic (exact) mass is 283 g/mol. The van der Waals surface area contributed by atoms with Gasteiger partial charge in [0.1, 0.15) is 0 Å². The van der Waals surface area contributed by atoms with Gasteiger partial charge in [0.2, 0.25) is 11.8 Å². The van der Waals surface area contributed by atoms with Crippen LogP contribution >= 0.6 is 0 Å². The van der Waals surface area contributed by atoms with Crippen molar-refractivity contribution < 1.29 is 9.59 Å². The van der Waals surface area contributed by atoms with E-state index in [0.29, 0.717) is 5.69 Å². The molecule has 21 heavy (non-hydrogen) atoms. The van der Waals surface area contributed by atoms with Crippen LogP contribution in [0.15, 0.2) is 48.5 Å². The highest BCUT2D eigenvalue weighted by atomic mass is 16.1. The molecule has 0 aliphatic heterocycles. The molecule has 0 radical (unpaired) electrons. The molecule has 0 bridgehead atoms. The van der Waals surface area contributed by atoms with Crippen molar-refractivity contribution in [1.82, 2.24) is 0 Å². The molecular formula is C16H17N3O2. The molecule has 5 nitrogen and oxygen atoms in total. The van der Waals surface area contributed by atoms with E-state index in [1.54, 1.807) is 12.1 Å². The van der Waals surface area contributed by atoms with Gasteiger partial charge < -0.3 is 16.8 Å². The van der Waals surface area contributed by atoms with Gasteiger partial charge in [0.05, 0.1) is 0 Å². The molecule has 0 spiro atoms. The summed E-state index contributed by atoms with van der Waals surface area (Å²) in [5.74, 6) is -1.21. The first-order valence-electron chi connectivity index (χ1n) is 6.53. The molecule has 5 heteroatoms. The Balaban J connectivity index is 2.31. The first-order chi connectivity index (χ1) is 9.97. The second kappa shape index (κ2) is 6.09. The highest BCUT2D eigenvalue weighted by Crippen LogP contribution is 2.21. The van der Waals surface area contributed by atoms with E-state index < -0.39 is 11.8 Å². The molecule has 0 fully saturated rings. The normalized spacial score (nSPS) is 11.7. The van der Waals surface area contributed by atoms with E-state index in [0.717, 1.165) is 5.56 Å². The molecule has 2 amide bonds. The number of carbonyl (C=O) groups is 2. The third-order valence-corrected chi connectivity index (χ3v) is 3.18. The Morgan fingerprint density at radius 1 is 0.952 bits per heavy atom. The summed E-state index contributed by atoms with van der Waals surface area (Å²) in [6.45, 7) is 1.98. The van der Waals surface area contributed by atoms with Crippen molar-refractivity contribution in [2.24, 2.45) is 11.5 Å². The summed E-state index contributed by atoms with van der Waals surface area (Å²) in [7, 11) is 0. The average Bonchev–Trinajstić information content (AvgIpc) is 2.47. The average molecular weight is 283 g/mol. The van der Waals surface area contributed by atoms with Crippen molar-refractivity contribution in [2.45, 2.75) is 13.0 Å². The van der Waals surface area contributed by atoms with Gasteiger partial charge in [-0.2, -0.15) is 0 Å². The quantitative estimate of drug-likeness (QED) is 0.783. The van der Waals surface area contributed by atoms with Crippen molar-refractivity contribution in [3.05, 3.63) is 65.2 Å². The minimum absolute atomic E-state index is 0.00931. The highest BCUT2D eigenvalue weighted by molar-refractivity contribution is 5.99. The van der Waals surface area contributed by atoms with E-state index in [4.69, 9.17) is 11.5 Å². The lowest BCUT2D eigenvalue weighted by atomic mass is 10.1. The zero-order valence-corrected chi connectivity index (χ0v) is 11.7. The van der Waals surface area contributed by atoms with Gasteiger partial charge >= 0.3 is 0 Å². The Hall–Kier alpha value is -2.82. The van der Waals surface area contributed by atoms with Crippen LogP contribution in [0.4, 0.5) is 5.69 Å². The number of nitrogens with one attached hydrogen (secondary N) is 1. The smallest absolute Gasteiger partial charge is 0.248 e. The third-order valence-electron chi connectivity index (χ3n) is 3.18. The van der Waals surface area contributed by atoms with Gasteiger partial charge in [0, 0.05) is 22.9 Å². The predicted octanol–water partition coefficient (Wildman–Crippen LogP) is 2.06. The molecule has 2 aromatic carbocycles. The maximum atomic E-state index is 11.3. The molecule has 0 saturated carbocycles. The van der Waals surface area contributed by atoms with Crippen molar-refractivity contribution in [3.8, 4) is 0 Å². The van der Waals surface area contributed by atoms with E-state index >= 15 is 0 Å². The molecular weight excluding hydrogens is 266 g/mol. The number of amides is 2. The fourth-order valence-electron chi connectivity index (χ4n) is 2.07. The summed E-state index contributed by atoms with van der Waals surface area (Å²) in [6.07, 6.45) is 0.